The number of nitrogens with zero attached hydrogens (tertiary/aromatic N) is 1. The molecule has 24 heavy (non-hydrogen) atoms. The summed E-state index contributed by atoms with van der Waals surface area (Å²) in [6, 6.07) is 3.72. The Balaban J connectivity index is 2.11. The summed E-state index contributed by atoms with van der Waals surface area (Å²) in [4.78, 5) is 32.5. The molecule has 1 heterocycles. The number of carboxylic acid groups (broad SMARTS) is 1. The van der Waals surface area contributed by atoms with Gasteiger partial charge in [-0.2, -0.15) is 0 Å². The van der Waals surface area contributed by atoms with Crippen LogP contribution in [0, 0.1) is 10.1 Å². The van der Waals surface area contributed by atoms with Crippen LogP contribution >= 0.6 is 11.8 Å². The van der Waals surface area contributed by atoms with Crippen LogP contribution in [0.1, 0.15) is 17.7 Å². The lowest BCUT2D eigenvalue weighted by Crippen LogP contribution is -2.48. The number of nitrogens with one attached hydrogen (secondary N) is 1. The Kier molecular flexibility index (Phi) is 5.85. The average molecular weight is 355 g/mol. The summed E-state index contributed by atoms with van der Waals surface area (Å²) in [7, 11) is 0. The Morgan fingerprint density at radius 3 is 2.71 bits per heavy atom. The molecule has 1 aromatic rings. The molecule has 2 rings (SSSR count). The number of nitro groups is 1. The first-order valence-corrected chi connectivity index (χ1v) is 8.02. The molecule has 0 fully saturated rings. The minimum Gasteiger partial charge on any atom is -0.548 e. The molecule has 0 aromatic heterocycles. The molecule has 2 atom stereocenters. The predicted octanol–water partition coefficient (Wildman–Crippen LogP) is -0.279. The van der Waals surface area contributed by atoms with Crippen LogP contribution in [-0.2, 0) is 9.59 Å². The van der Waals surface area contributed by atoms with Gasteiger partial charge in [0.1, 0.15) is 0 Å². The van der Waals surface area contributed by atoms with Gasteiger partial charge < -0.3 is 24.7 Å². The lowest BCUT2D eigenvalue weighted by Gasteiger charge is -2.21. The van der Waals surface area contributed by atoms with Crippen molar-refractivity contribution < 1.29 is 29.1 Å². The standard InChI is InChI=1S/C14H16N2O7S/c1-8(17)15-10(14(18)19)6-24-13(5-16(20)21)9-2-3-11-12(4-9)23-7-22-11/h2-4,10,13H,5-7H2,1H3,(H,15,17)(H,18,19)/p-1/t10-,13-/m1/s1. The van der Waals surface area contributed by atoms with Crippen LogP contribution in [0.25, 0.3) is 0 Å². The van der Waals surface area contributed by atoms with E-state index in [4.69, 9.17) is 9.47 Å². The molecule has 0 unspecified atom stereocenters. The van der Waals surface area contributed by atoms with Gasteiger partial charge in [0.05, 0.1) is 17.3 Å². The van der Waals surface area contributed by atoms with Gasteiger partial charge in [0.25, 0.3) is 0 Å². The van der Waals surface area contributed by atoms with Crippen LogP contribution in [0.15, 0.2) is 18.2 Å². The van der Waals surface area contributed by atoms with Crippen molar-refractivity contribution in [3.63, 3.8) is 0 Å². The number of carboxylic acids is 1. The van der Waals surface area contributed by atoms with Crippen molar-refractivity contribution >= 4 is 23.6 Å². The second kappa shape index (κ2) is 7.86. The van der Waals surface area contributed by atoms with Gasteiger partial charge in [0, 0.05) is 17.6 Å². The minimum atomic E-state index is -1.44. The third-order valence-electron chi connectivity index (χ3n) is 3.21. The molecule has 0 radical (unpaired) electrons. The molecule has 1 aliphatic rings. The van der Waals surface area contributed by atoms with E-state index in [0.29, 0.717) is 17.1 Å². The number of amides is 1. The van der Waals surface area contributed by atoms with E-state index in [1.807, 2.05) is 0 Å². The Morgan fingerprint density at radius 2 is 2.08 bits per heavy atom. The molecule has 0 bridgehead atoms. The van der Waals surface area contributed by atoms with Crippen molar-refractivity contribution in [1.82, 2.24) is 5.32 Å². The zero-order chi connectivity index (χ0) is 17.7. The van der Waals surface area contributed by atoms with Gasteiger partial charge in [-0.05, 0) is 17.7 Å². The number of aliphatic carboxylic acids is 1. The zero-order valence-electron chi connectivity index (χ0n) is 12.7. The fraction of sp³-hybridized carbons (Fsp3) is 0.429. The number of rotatable bonds is 8. The summed E-state index contributed by atoms with van der Waals surface area (Å²) in [6.45, 7) is 0.873. The van der Waals surface area contributed by atoms with E-state index in [-0.39, 0.29) is 12.5 Å². The average Bonchev–Trinajstić information content (AvgIpc) is 2.96. The zero-order valence-corrected chi connectivity index (χ0v) is 13.5. The summed E-state index contributed by atoms with van der Waals surface area (Å²) < 4.78 is 10.4. The van der Waals surface area contributed by atoms with Crippen LogP contribution < -0.4 is 19.9 Å². The lowest BCUT2D eigenvalue weighted by atomic mass is 10.1. The van der Waals surface area contributed by atoms with E-state index < -0.39 is 34.6 Å². The maximum absolute atomic E-state index is 11.1. The number of carbonyl (C=O) groups excluding carboxylic acids is 2. The molecule has 0 aliphatic carbocycles. The smallest absolute Gasteiger partial charge is 0.231 e. The molecule has 130 valence electrons. The highest BCUT2D eigenvalue weighted by Crippen LogP contribution is 2.38. The Morgan fingerprint density at radius 1 is 1.38 bits per heavy atom. The summed E-state index contributed by atoms with van der Waals surface area (Å²) >= 11 is 1.05. The van der Waals surface area contributed by atoms with Gasteiger partial charge in [0.15, 0.2) is 11.5 Å². The van der Waals surface area contributed by atoms with E-state index in [9.17, 15) is 24.8 Å². The molecular formula is C14H15N2O7S-. The van der Waals surface area contributed by atoms with E-state index in [1.165, 1.54) is 6.92 Å². The fourth-order valence-corrected chi connectivity index (χ4v) is 3.34. The van der Waals surface area contributed by atoms with Crippen molar-refractivity contribution in [2.45, 2.75) is 18.2 Å². The van der Waals surface area contributed by atoms with Gasteiger partial charge >= 0.3 is 0 Å². The number of benzene rings is 1. The first kappa shape index (κ1) is 17.9. The monoisotopic (exact) mass is 355 g/mol. The molecule has 1 aromatic carbocycles. The van der Waals surface area contributed by atoms with Crippen LogP contribution in [0.3, 0.4) is 0 Å². The van der Waals surface area contributed by atoms with Crippen molar-refractivity contribution in [2.75, 3.05) is 19.1 Å². The highest BCUT2D eigenvalue weighted by atomic mass is 32.2. The van der Waals surface area contributed by atoms with E-state index in [2.05, 4.69) is 5.32 Å². The molecule has 9 nitrogen and oxygen atoms in total. The first-order chi connectivity index (χ1) is 11.4. The van der Waals surface area contributed by atoms with Crippen LogP contribution in [0.2, 0.25) is 0 Å². The third kappa shape index (κ3) is 4.75. The third-order valence-corrected chi connectivity index (χ3v) is 4.56. The number of fused-ring (bicyclic) bond motifs is 1. The number of hydrogen-bond acceptors (Lipinski definition) is 8. The maximum Gasteiger partial charge on any atom is 0.231 e. The van der Waals surface area contributed by atoms with Crippen molar-refractivity contribution in [3.05, 3.63) is 33.9 Å². The summed E-state index contributed by atoms with van der Waals surface area (Å²) in [6.07, 6.45) is 0. The predicted molar refractivity (Wildman–Crippen MR) is 82.2 cm³/mol. The molecule has 1 amide bonds. The number of ether oxygens (including phenoxy) is 2. The largest absolute Gasteiger partial charge is 0.548 e. The van der Waals surface area contributed by atoms with Crippen LogP contribution in [0.4, 0.5) is 0 Å². The molecule has 1 N–H and O–H groups in total. The summed E-state index contributed by atoms with van der Waals surface area (Å²) in [5.74, 6) is -0.981. The van der Waals surface area contributed by atoms with E-state index in [0.717, 1.165) is 11.8 Å². The highest BCUT2D eigenvalue weighted by molar-refractivity contribution is 7.99. The number of carbonyl (C=O) groups is 2. The number of hydrogen-bond donors (Lipinski definition) is 1. The Labute approximate surface area is 141 Å². The molecule has 10 heteroatoms. The number of thioether (sulfide) groups is 1. The Bertz CT molecular complexity index is 652. The normalized spacial score (nSPS) is 14.7. The molecule has 0 spiro atoms. The van der Waals surface area contributed by atoms with Crippen molar-refractivity contribution in [1.29, 1.82) is 0 Å². The van der Waals surface area contributed by atoms with Crippen LogP contribution in [-0.4, -0.2) is 41.9 Å². The van der Waals surface area contributed by atoms with Crippen molar-refractivity contribution in [3.8, 4) is 11.5 Å². The molecule has 0 saturated carbocycles. The second-order valence-electron chi connectivity index (χ2n) is 5.02. The summed E-state index contributed by atoms with van der Waals surface area (Å²) in [5.41, 5.74) is 0.612. The Hall–Kier alpha value is -2.49. The van der Waals surface area contributed by atoms with E-state index in [1.54, 1.807) is 18.2 Å². The van der Waals surface area contributed by atoms with Gasteiger partial charge in [-0.3, -0.25) is 14.9 Å². The molecular weight excluding hydrogens is 340 g/mol. The van der Waals surface area contributed by atoms with E-state index >= 15 is 0 Å². The van der Waals surface area contributed by atoms with Gasteiger partial charge in [-0.1, -0.05) is 6.07 Å². The fourth-order valence-electron chi connectivity index (χ4n) is 2.13. The topological polar surface area (TPSA) is 131 Å². The first-order valence-electron chi connectivity index (χ1n) is 6.97. The SMILES string of the molecule is CC(=O)N[C@H](CS[C@H](C[N+](=O)[O-])c1ccc2c(c1)OCO2)C(=O)[O-]. The van der Waals surface area contributed by atoms with Gasteiger partial charge in [-0.15, -0.1) is 11.8 Å². The highest BCUT2D eigenvalue weighted by Gasteiger charge is 2.24. The lowest BCUT2D eigenvalue weighted by molar-refractivity contribution is -0.479. The second-order valence-corrected chi connectivity index (χ2v) is 6.26. The molecule has 0 saturated heterocycles. The van der Waals surface area contributed by atoms with Crippen molar-refractivity contribution in [2.24, 2.45) is 0 Å². The molecule has 1 aliphatic heterocycles. The summed E-state index contributed by atoms with van der Waals surface area (Å²) in [5, 5.41) is 23.6. The maximum atomic E-state index is 11.1. The van der Waals surface area contributed by atoms with Gasteiger partial charge in [0.2, 0.25) is 19.2 Å². The quantitative estimate of drug-likeness (QED) is 0.498. The van der Waals surface area contributed by atoms with Gasteiger partial charge in [-0.25, -0.2) is 0 Å². The minimum absolute atomic E-state index is 0.0607. The van der Waals surface area contributed by atoms with Crippen LogP contribution in [0.5, 0.6) is 11.5 Å².